The molecule has 1 aromatic heterocycles. The fraction of sp³-hybridized carbons (Fsp3) is 0.357. The van der Waals surface area contributed by atoms with Crippen LogP contribution in [0.2, 0.25) is 0 Å². The number of nitrogens with zero attached hydrogens (tertiary/aromatic N) is 2. The van der Waals surface area contributed by atoms with Crippen molar-refractivity contribution in [1.82, 2.24) is 10.4 Å². The number of amides is 1. The zero-order valence-corrected chi connectivity index (χ0v) is 9.99. The second kappa shape index (κ2) is 4.72. The van der Waals surface area contributed by atoms with E-state index in [1.165, 1.54) is 12.6 Å². The largest absolute Gasteiger partial charge is 0.272 e. The van der Waals surface area contributed by atoms with Gasteiger partial charge in [0.1, 0.15) is 0 Å². The van der Waals surface area contributed by atoms with Crippen LogP contribution < -0.4 is 5.43 Å². The minimum absolute atomic E-state index is 0.210. The van der Waals surface area contributed by atoms with Crippen LogP contribution in [0.15, 0.2) is 41.8 Å². The number of hydrazone groups is 1. The lowest BCUT2D eigenvalue weighted by Crippen LogP contribution is -2.19. The number of hydrogen-bond acceptors (Lipinski definition) is 3. The lowest BCUT2D eigenvalue weighted by Gasteiger charge is -2.11. The minimum atomic E-state index is -0.210. The summed E-state index contributed by atoms with van der Waals surface area (Å²) in [4.78, 5) is 15.6. The SMILES string of the molecule is O=C(NN=CC1CC2C=CC1C2)c1cccnc1. The summed E-state index contributed by atoms with van der Waals surface area (Å²) < 4.78 is 0. The van der Waals surface area contributed by atoms with Crippen molar-refractivity contribution >= 4 is 12.1 Å². The average molecular weight is 241 g/mol. The van der Waals surface area contributed by atoms with Gasteiger partial charge in [0.15, 0.2) is 0 Å². The third-order valence-corrected chi connectivity index (χ3v) is 3.69. The second-order valence-corrected chi connectivity index (χ2v) is 4.90. The molecule has 1 heterocycles. The molecular weight excluding hydrogens is 226 g/mol. The monoisotopic (exact) mass is 241 g/mol. The molecule has 2 aliphatic rings. The molecule has 3 rings (SSSR count). The Morgan fingerprint density at radius 3 is 3.06 bits per heavy atom. The van der Waals surface area contributed by atoms with Crippen molar-refractivity contribution in [3.63, 3.8) is 0 Å². The Bertz CT molecular complexity index is 495. The quantitative estimate of drug-likeness (QED) is 0.500. The Morgan fingerprint density at radius 1 is 1.44 bits per heavy atom. The van der Waals surface area contributed by atoms with E-state index in [1.807, 2.05) is 6.21 Å². The first-order valence-corrected chi connectivity index (χ1v) is 6.25. The summed E-state index contributed by atoms with van der Waals surface area (Å²) in [5, 5.41) is 4.06. The molecule has 1 saturated carbocycles. The van der Waals surface area contributed by atoms with Crippen LogP contribution in [0.5, 0.6) is 0 Å². The molecule has 0 aromatic carbocycles. The smallest absolute Gasteiger partial charge is 0.267 e. The maximum Gasteiger partial charge on any atom is 0.272 e. The molecule has 4 heteroatoms. The summed E-state index contributed by atoms with van der Waals surface area (Å²) >= 11 is 0. The Hall–Kier alpha value is -1.97. The fourth-order valence-corrected chi connectivity index (χ4v) is 2.75. The van der Waals surface area contributed by atoms with Gasteiger partial charge in [0, 0.05) is 24.5 Å². The molecule has 0 saturated heterocycles. The normalized spacial score (nSPS) is 29.0. The Morgan fingerprint density at radius 2 is 2.39 bits per heavy atom. The molecule has 3 atom stereocenters. The molecule has 92 valence electrons. The van der Waals surface area contributed by atoms with Gasteiger partial charge >= 0.3 is 0 Å². The van der Waals surface area contributed by atoms with Crippen LogP contribution in [-0.2, 0) is 0 Å². The van der Waals surface area contributed by atoms with Gasteiger partial charge in [0.25, 0.3) is 5.91 Å². The number of hydrogen-bond donors (Lipinski definition) is 1. The van der Waals surface area contributed by atoms with Crippen molar-refractivity contribution in [2.75, 3.05) is 0 Å². The van der Waals surface area contributed by atoms with E-state index in [1.54, 1.807) is 18.3 Å². The van der Waals surface area contributed by atoms with E-state index in [9.17, 15) is 4.79 Å². The van der Waals surface area contributed by atoms with Gasteiger partial charge in [-0.3, -0.25) is 9.78 Å². The van der Waals surface area contributed by atoms with Gasteiger partial charge in [-0.1, -0.05) is 12.2 Å². The molecule has 1 amide bonds. The predicted molar refractivity (Wildman–Crippen MR) is 69.0 cm³/mol. The minimum Gasteiger partial charge on any atom is -0.267 e. The van der Waals surface area contributed by atoms with E-state index in [-0.39, 0.29) is 5.91 Å². The molecule has 2 bridgehead atoms. The van der Waals surface area contributed by atoms with Crippen molar-refractivity contribution in [3.8, 4) is 0 Å². The van der Waals surface area contributed by atoms with Crippen LogP contribution >= 0.6 is 0 Å². The van der Waals surface area contributed by atoms with Crippen LogP contribution in [0.1, 0.15) is 23.2 Å². The number of pyridine rings is 1. The second-order valence-electron chi connectivity index (χ2n) is 4.90. The van der Waals surface area contributed by atoms with Crippen molar-refractivity contribution in [2.45, 2.75) is 12.8 Å². The molecule has 1 fully saturated rings. The molecule has 4 nitrogen and oxygen atoms in total. The van der Waals surface area contributed by atoms with Gasteiger partial charge in [0.05, 0.1) is 5.56 Å². The van der Waals surface area contributed by atoms with Crippen LogP contribution in [0, 0.1) is 17.8 Å². The van der Waals surface area contributed by atoms with E-state index in [2.05, 4.69) is 27.7 Å². The maximum absolute atomic E-state index is 11.7. The molecule has 0 spiro atoms. The molecule has 2 aliphatic carbocycles. The standard InChI is InChI=1S/C14H15N3O/c18-14(12-2-1-5-15-8-12)17-16-9-13-7-10-3-4-11(13)6-10/h1-5,8-11,13H,6-7H2,(H,17,18). The molecular formula is C14H15N3O. The third kappa shape index (κ3) is 2.18. The van der Waals surface area contributed by atoms with Crippen molar-refractivity contribution in [1.29, 1.82) is 0 Å². The highest BCUT2D eigenvalue weighted by atomic mass is 16.2. The highest BCUT2D eigenvalue weighted by Crippen LogP contribution is 2.42. The molecule has 1 N–H and O–H groups in total. The summed E-state index contributed by atoms with van der Waals surface area (Å²) in [6.45, 7) is 0. The van der Waals surface area contributed by atoms with Crippen molar-refractivity contribution in [2.24, 2.45) is 22.9 Å². The number of allylic oxidation sites excluding steroid dienone is 2. The number of rotatable bonds is 3. The number of fused-ring (bicyclic) bond motifs is 2. The lowest BCUT2D eigenvalue weighted by atomic mass is 9.95. The summed E-state index contributed by atoms with van der Waals surface area (Å²) in [6, 6.07) is 3.46. The van der Waals surface area contributed by atoms with E-state index in [0.717, 1.165) is 12.3 Å². The average Bonchev–Trinajstić information content (AvgIpc) is 3.02. The first-order valence-electron chi connectivity index (χ1n) is 6.25. The Balaban J connectivity index is 1.55. The van der Waals surface area contributed by atoms with Gasteiger partial charge in [-0.2, -0.15) is 5.10 Å². The topological polar surface area (TPSA) is 54.4 Å². The van der Waals surface area contributed by atoms with E-state index in [4.69, 9.17) is 0 Å². The van der Waals surface area contributed by atoms with Crippen LogP contribution in [-0.4, -0.2) is 17.1 Å². The number of nitrogens with one attached hydrogen (secondary N) is 1. The van der Waals surface area contributed by atoms with Gasteiger partial charge in [0.2, 0.25) is 0 Å². The fourth-order valence-electron chi connectivity index (χ4n) is 2.75. The van der Waals surface area contributed by atoms with Crippen LogP contribution in [0.4, 0.5) is 0 Å². The summed E-state index contributed by atoms with van der Waals surface area (Å²) in [7, 11) is 0. The summed E-state index contributed by atoms with van der Waals surface area (Å²) in [5.41, 5.74) is 3.08. The van der Waals surface area contributed by atoms with Gasteiger partial charge < -0.3 is 0 Å². The van der Waals surface area contributed by atoms with Gasteiger partial charge in [-0.25, -0.2) is 5.43 Å². The van der Waals surface area contributed by atoms with Crippen molar-refractivity contribution < 1.29 is 4.79 Å². The van der Waals surface area contributed by atoms with Gasteiger partial charge in [-0.05, 0) is 36.8 Å². The zero-order chi connectivity index (χ0) is 12.4. The third-order valence-electron chi connectivity index (χ3n) is 3.69. The van der Waals surface area contributed by atoms with E-state index in [0.29, 0.717) is 17.4 Å². The number of carbonyl (C=O) groups excluding carboxylic acids is 1. The summed E-state index contributed by atoms with van der Waals surface area (Å²) in [5.74, 6) is 1.61. The first-order chi connectivity index (χ1) is 8.83. The molecule has 0 radical (unpaired) electrons. The van der Waals surface area contributed by atoms with E-state index >= 15 is 0 Å². The Kier molecular flexibility index (Phi) is 2.92. The molecule has 0 aliphatic heterocycles. The maximum atomic E-state index is 11.7. The first kappa shape index (κ1) is 11.1. The van der Waals surface area contributed by atoms with Crippen molar-refractivity contribution in [3.05, 3.63) is 42.2 Å². The highest BCUT2D eigenvalue weighted by molar-refractivity contribution is 5.93. The Labute approximate surface area is 106 Å². The number of carbonyl (C=O) groups is 1. The number of aromatic nitrogens is 1. The molecule has 18 heavy (non-hydrogen) atoms. The zero-order valence-electron chi connectivity index (χ0n) is 9.99. The lowest BCUT2D eigenvalue weighted by molar-refractivity contribution is 0.0954. The predicted octanol–water partition coefficient (Wildman–Crippen LogP) is 2.01. The summed E-state index contributed by atoms with van der Waals surface area (Å²) in [6.07, 6.45) is 12.0. The van der Waals surface area contributed by atoms with Gasteiger partial charge in [-0.15, -0.1) is 0 Å². The van der Waals surface area contributed by atoms with Crippen LogP contribution in [0.3, 0.4) is 0 Å². The molecule has 1 aromatic rings. The molecule has 3 unspecified atom stereocenters. The highest BCUT2D eigenvalue weighted by Gasteiger charge is 2.34. The van der Waals surface area contributed by atoms with E-state index < -0.39 is 0 Å². The van der Waals surface area contributed by atoms with Crippen LogP contribution in [0.25, 0.3) is 0 Å².